The van der Waals surface area contributed by atoms with Gasteiger partial charge in [-0.05, 0) is 43.7 Å². The number of anilines is 1. The van der Waals surface area contributed by atoms with Gasteiger partial charge in [-0.3, -0.25) is 19.2 Å². The lowest BCUT2D eigenvalue weighted by Crippen LogP contribution is -2.52. The van der Waals surface area contributed by atoms with Crippen molar-refractivity contribution in [1.29, 1.82) is 0 Å². The second kappa shape index (κ2) is 12.3. The van der Waals surface area contributed by atoms with Gasteiger partial charge in [0.1, 0.15) is 11.9 Å². The molecule has 5 rings (SSSR count). The number of hydrogen-bond donors (Lipinski definition) is 3. The predicted molar refractivity (Wildman–Crippen MR) is 144 cm³/mol. The highest BCUT2D eigenvalue weighted by atomic mass is 19.1. The number of hydroxylamine groups is 1. The Bertz CT molecular complexity index is 1310. The first-order chi connectivity index (χ1) is 19.3. The van der Waals surface area contributed by atoms with E-state index in [9.17, 15) is 18.8 Å². The van der Waals surface area contributed by atoms with E-state index in [2.05, 4.69) is 15.8 Å². The number of aromatic amines is 1. The minimum Gasteiger partial charge on any atom is -0.378 e. The molecule has 0 aliphatic carbocycles. The summed E-state index contributed by atoms with van der Waals surface area (Å²) in [6.07, 6.45) is 1.66. The van der Waals surface area contributed by atoms with Crippen molar-refractivity contribution in [3.63, 3.8) is 0 Å². The van der Waals surface area contributed by atoms with Crippen LogP contribution in [0.15, 0.2) is 18.2 Å². The highest BCUT2D eigenvalue weighted by molar-refractivity contribution is 6.34. The lowest BCUT2D eigenvalue weighted by atomic mass is 10.0. The van der Waals surface area contributed by atoms with E-state index in [1.807, 2.05) is 13.8 Å². The molecule has 2 saturated heterocycles. The number of aryl methyl sites for hydroxylation is 1. The van der Waals surface area contributed by atoms with Crippen molar-refractivity contribution in [1.82, 2.24) is 20.3 Å². The molecule has 3 N–H and O–H groups in total. The summed E-state index contributed by atoms with van der Waals surface area (Å²) in [7, 11) is 0. The number of ether oxygens (including phenoxy) is 2. The van der Waals surface area contributed by atoms with Gasteiger partial charge in [0, 0.05) is 54.4 Å². The Balaban J connectivity index is 1.28. The molecule has 11 nitrogen and oxygen atoms in total. The van der Waals surface area contributed by atoms with Crippen LogP contribution in [-0.4, -0.2) is 91.2 Å². The van der Waals surface area contributed by atoms with Crippen molar-refractivity contribution in [3.8, 4) is 0 Å². The monoisotopic (exact) mass is 555 g/mol. The van der Waals surface area contributed by atoms with Crippen LogP contribution in [0.5, 0.6) is 0 Å². The number of carbonyl (C=O) groups excluding carboxylic acids is 3. The highest BCUT2D eigenvalue weighted by Crippen LogP contribution is 2.34. The second-order valence-electron chi connectivity index (χ2n) is 10.1. The molecule has 2 fully saturated rings. The Morgan fingerprint density at radius 1 is 1.10 bits per heavy atom. The summed E-state index contributed by atoms with van der Waals surface area (Å²) in [5, 5.41) is 2.76. The third kappa shape index (κ3) is 6.09. The number of rotatable bonds is 8. The number of H-pyrrole nitrogens is 1. The molecular weight excluding hydrogens is 521 g/mol. The Labute approximate surface area is 231 Å². The van der Waals surface area contributed by atoms with E-state index in [4.69, 9.17) is 14.3 Å². The number of benzene rings is 1. The molecule has 0 bridgehead atoms. The Morgan fingerprint density at radius 3 is 2.48 bits per heavy atom. The average molecular weight is 556 g/mol. The lowest BCUT2D eigenvalue weighted by Gasteiger charge is -2.32. The molecule has 2 aromatic rings. The largest absolute Gasteiger partial charge is 0.378 e. The number of nitrogens with zero attached hydrogens (tertiary/aromatic N) is 2. The van der Waals surface area contributed by atoms with Crippen LogP contribution in [0.25, 0.3) is 11.6 Å². The first-order valence-corrected chi connectivity index (χ1v) is 13.4. The number of aromatic nitrogens is 1. The average Bonchev–Trinajstić information content (AvgIpc) is 3.42. The van der Waals surface area contributed by atoms with Crippen LogP contribution in [0.2, 0.25) is 0 Å². The van der Waals surface area contributed by atoms with Gasteiger partial charge in [0.15, 0.2) is 0 Å². The number of halogens is 1. The van der Waals surface area contributed by atoms with Gasteiger partial charge in [0.05, 0.1) is 45.0 Å². The summed E-state index contributed by atoms with van der Waals surface area (Å²) in [4.78, 5) is 51.3. The van der Waals surface area contributed by atoms with Crippen molar-refractivity contribution in [2.45, 2.75) is 32.9 Å². The van der Waals surface area contributed by atoms with E-state index in [1.165, 1.54) is 12.1 Å². The van der Waals surface area contributed by atoms with E-state index < -0.39 is 11.9 Å². The third-order valence-corrected chi connectivity index (χ3v) is 7.49. The van der Waals surface area contributed by atoms with Crippen LogP contribution in [-0.2, 0) is 35.3 Å². The molecule has 3 aliphatic rings. The molecule has 0 unspecified atom stereocenters. The highest BCUT2D eigenvalue weighted by Gasteiger charge is 2.31. The van der Waals surface area contributed by atoms with Gasteiger partial charge in [0.25, 0.3) is 5.91 Å². The number of carbonyl (C=O) groups is 3. The number of morpholine rings is 2. The summed E-state index contributed by atoms with van der Waals surface area (Å²) in [5.41, 5.74) is 7.50. The molecule has 40 heavy (non-hydrogen) atoms. The molecule has 1 aromatic carbocycles. The van der Waals surface area contributed by atoms with Gasteiger partial charge < -0.3 is 29.6 Å². The van der Waals surface area contributed by atoms with E-state index >= 15 is 0 Å². The van der Waals surface area contributed by atoms with Crippen LogP contribution in [0.1, 0.15) is 34.5 Å². The fourth-order valence-corrected chi connectivity index (χ4v) is 5.14. The molecule has 3 amide bonds. The molecule has 1 aromatic heterocycles. The maximum absolute atomic E-state index is 13.9. The number of nitrogens with one attached hydrogen (secondary N) is 3. The molecule has 4 heterocycles. The van der Waals surface area contributed by atoms with E-state index in [-0.39, 0.29) is 30.7 Å². The predicted octanol–water partition coefficient (Wildman–Crippen LogP) is 1.76. The normalized spacial score (nSPS) is 19.1. The summed E-state index contributed by atoms with van der Waals surface area (Å²) in [6, 6.07) is 3.32. The van der Waals surface area contributed by atoms with E-state index in [0.29, 0.717) is 75.1 Å². The second-order valence-corrected chi connectivity index (χ2v) is 10.1. The Hall–Kier alpha value is -3.58. The zero-order chi connectivity index (χ0) is 28.2. The summed E-state index contributed by atoms with van der Waals surface area (Å²) >= 11 is 0. The summed E-state index contributed by atoms with van der Waals surface area (Å²) in [6.45, 7) is 7.65. The van der Waals surface area contributed by atoms with Gasteiger partial charge in [-0.15, -0.1) is 0 Å². The smallest absolute Gasteiger partial charge is 0.256 e. The van der Waals surface area contributed by atoms with Crippen LogP contribution in [0.3, 0.4) is 0 Å². The molecule has 0 saturated carbocycles. The zero-order valence-corrected chi connectivity index (χ0v) is 22.7. The fourth-order valence-electron chi connectivity index (χ4n) is 5.14. The minimum absolute atomic E-state index is 0.0380. The van der Waals surface area contributed by atoms with Crippen molar-refractivity contribution < 1.29 is 33.1 Å². The van der Waals surface area contributed by atoms with Gasteiger partial charge in [-0.1, -0.05) is 0 Å². The maximum atomic E-state index is 13.9. The van der Waals surface area contributed by atoms with Crippen LogP contribution in [0, 0.1) is 19.7 Å². The molecule has 3 aliphatic heterocycles. The van der Waals surface area contributed by atoms with Crippen molar-refractivity contribution in [2.24, 2.45) is 0 Å². The fraction of sp³-hybridized carbons (Fsp3) is 0.464. The maximum Gasteiger partial charge on any atom is 0.256 e. The van der Waals surface area contributed by atoms with Crippen LogP contribution < -0.4 is 10.8 Å². The van der Waals surface area contributed by atoms with E-state index in [0.717, 1.165) is 16.8 Å². The Morgan fingerprint density at radius 2 is 1.77 bits per heavy atom. The molecule has 12 heteroatoms. The van der Waals surface area contributed by atoms with Crippen molar-refractivity contribution >= 4 is 35.1 Å². The van der Waals surface area contributed by atoms with Crippen molar-refractivity contribution in [2.75, 3.05) is 57.9 Å². The molecular formula is C28H34FN5O6. The lowest BCUT2D eigenvalue weighted by molar-refractivity contribution is -0.148. The Kier molecular flexibility index (Phi) is 8.60. The third-order valence-electron chi connectivity index (χ3n) is 7.49. The number of fused-ring (bicyclic) bond motifs is 1. The first-order valence-electron chi connectivity index (χ1n) is 13.4. The zero-order valence-electron chi connectivity index (χ0n) is 22.7. The number of amides is 3. The number of hydrogen-bond acceptors (Lipinski definition) is 7. The van der Waals surface area contributed by atoms with Crippen LogP contribution in [0.4, 0.5) is 10.1 Å². The van der Waals surface area contributed by atoms with Gasteiger partial charge in [0.2, 0.25) is 11.8 Å². The summed E-state index contributed by atoms with van der Waals surface area (Å²) in [5.74, 6) is -1.08. The van der Waals surface area contributed by atoms with Crippen LogP contribution >= 0.6 is 0 Å². The minimum atomic E-state index is -0.858. The standard InChI is InChI=1S/C28H34FN5O6/c1-17-22(18(2)30-24(17)14-21-20-13-19(29)3-4-23(20)31-27(21)36)16-40-32-25(28(37)34-7-11-39-12-8-34)15-26(35)33-5-9-38-10-6-33/h3-4,13-14,25,30,32H,5-12,15-16H2,1-2H3,(H,31,36)/b21-14-/t25-/m0/s1. The molecule has 0 spiro atoms. The van der Waals surface area contributed by atoms with Gasteiger partial charge in [-0.25, -0.2) is 4.39 Å². The van der Waals surface area contributed by atoms with Gasteiger partial charge >= 0.3 is 0 Å². The molecule has 1 atom stereocenters. The van der Waals surface area contributed by atoms with E-state index in [1.54, 1.807) is 21.9 Å². The van der Waals surface area contributed by atoms with Crippen molar-refractivity contribution in [3.05, 3.63) is 52.1 Å². The van der Waals surface area contributed by atoms with Gasteiger partial charge in [-0.2, -0.15) is 5.48 Å². The summed E-state index contributed by atoms with van der Waals surface area (Å²) < 4.78 is 24.6. The topological polar surface area (TPSA) is 125 Å². The SMILES string of the molecule is Cc1[nH]c(/C=C2\C(=O)Nc3ccc(F)cc32)c(C)c1CON[C@@H](CC(=O)N1CCOCC1)C(=O)N1CCOCC1. The molecule has 0 radical (unpaired) electrons. The quantitative estimate of drug-likeness (QED) is 0.335. The first kappa shape index (κ1) is 28.0. The molecule has 214 valence electrons.